The van der Waals surface area contributed by atoms with Crippen LogP contribution in [0.2, 0.25) is 0 Å². The van der Waals surface area contributed by atoms with Gasteiger partial charge in [-0.25, -0.2) is 0 Å². The second-order valence-electron chi connectivity index (χ2n) is 25.6. The first-order valence-electron chi connectivity index (χ1n) is 31.0. The molecule has 1 fully saturated rings. The highest BCUT2D eigenvalue weighted by Gasteiger charge is 2.48. The van der Waals surface area contributed by atoms with E-state index in [9.17, 15) is 43.5 Å². The number of fused-ring (bicyclic) bond motifs is 3. The van der Waals surface area contributed by atoms with E-state index in [0.717, 1.165) is 59.9 Å². The average Bonchev–Trinajstić information content (AvgIpc) is 1.77. The van der Waals surface area contributed by atoms with Crippen LogP contribution < -0.4 is 42.5 Å². The van der Waals surface area contributed by atoms with Crippen LogP contribution in [0.1, 0.15) is 147 Å². The summed E-state index contributed by atoms with van der Waals surface area (Å²) in [5.41, 5.74) is 5.91. The van der Waals surface area contributed by atoms with Gasteiger partial charge in [-0.05, 0) is 162 Å². The smallest absolute Gasteiger partial charge is 0.255 e. The summed E-state index contributed by atoms with van der Waals surface area (Å²) in [6.07, 6.45) is 5.20. The fourth-order valence-electron chi connectivity index (χ4n) is 12.2. The molecule has 9 N–H and O–H groups in total. The molecule has 1 saturated heterocycles. The van der Waals surface area contributed by atoms with Gasteiger partial charge in [0.1, 0.15) is 24.2 Å². The molecule has 8 rings (SSSR count). The van der Waals surface area contributed by atoms with Gasteiger partial charge in [-0.2, -0.15) is 0 Å². The lowest BCUT2D eigenvalue weighted by Crippen LogP contribution is -2.63. The molecule has 2 unspecified atom stereocenters. The van der Waals surface area contributed by atoms with E-state index in [1.807, 2.05) is 63.2 Å². The minimum atomic E-state index is -1.23. The van der Waals surface area contributed by atoms with Gasteiger partial charge in [-0.3, -0.25) is 43.2 Å². The summed E-state index contributed by atoms with van der Waals surface area (Å²) < 4.78 is -1.10. The molecule has 0 bridgehead atoms. The lowest BCUT2D eigenvalue weighted by atomic mass is 9.85. The molecule has 22 heteroatoms. The predicted octanol–water partition coefficient (Wildman–Crippen LogP) is 4.47. The molecular weight excluding hydrogens is 1150 g/mol. The Morgan fingerprint density at radius 2 is 1.17 bits per heavy atom. The summed E-state index contributed by atoms with van der Waals surface area (Å²) in [4.78, 5) is 132. The van der Waals surface area contributed by atoms with Crippen LogP contribution in [0.25, 0.3) is 0 Å². The lowest BCUT2D eigenvalue weighted by molar-refractivity contribution is -0.145. The number of carbonyl (C=O) groups excluding carboxylic acids is 9. The van der Waals surface area contributed by atoms with Gasteiger partial charge in [-0.1, -0.05) is 75.4 Å². The standard InChI is InChI=1S/C67H89N11O10S/c1-39(68-8)58(81)74-56(66(3,4)5)64(87)78-37-48(35-54(78)63(86)73-52-24-16-20-42-18-12-14-22-50(42)52)71-61(84)44-27-25-43(26-28-44)60(83)70-47-30-29-45-34-53(62(85)72-51-23-15-19-41-17-11-13-21-49(41)51)77(36-46(45)33-47)65(88)57(75-59(82)40(2)69-9)67(6,7)89-38-55(80)76(10)31-32-79/h11-14,17-18,21-22,25-30,33,39-40,48,51-54,56-57,68-69,79H,15-16,19-20,23-24,31-32,34-38H2,1-10H3,(H,70,83)(H,71,84)(H,72,85)(H,73,86)(H,74,81)(H,75,82)/t39-,40-,48?,51+,52+,53-,54?,56+,57+/m0/s1. The normalized spacial score (nSPS) is 20.2. The molecule has 2 heterocycles. The minimum absolute atomic E-state index is 0.00152. The van der Waals surface area contributed by atoms with Crippen LogP contribution in [0, 0.1) is 5.41 Å². The maximum absolute atomic E-state index is 15.4. The number of aliphatic hydroxyl groups excluding tert-OH is 1. The van der Waals surface area contributed by atoms with E-state index in [4.69, 9.17) is 0 Å². The number of amides is 9. The topological polar surface area (TPSA) is 280 Å². The highest BCUT2D eigenvalue weighted by atomic mass is 32.2. The Morgan fingerprint density at radius 1 is 0.640 bits per heavy atom. The maximum atomic E-state index is 15.4. The lowest BCUT2D eigenvalue weighted by Gasteiger charge is -2.42. The average molecular weight is 1240 g/mol. The van der Waals surface area contributed by atoms with Crippen molar-refractivity contribution in [3.63, 3.8) is 0 Å². The van der Waals surface area contributed by atoms with Crippen molar-refractivity contribution in [2.24, 2.45) is 5.41 Å². The molecule has 89 heavy (non-hydrogen) atoms. The van der Waals surface area contributed by atoms with E-state index in [2.05, 4.69) is 54.7 Å². The number of carbonyl (C=O) groups is 9. The second kappa shape index (κ2) is 29.3. The number of likely N-dealkylation sites (N-methyl/N-ethyl adjacent to an activating group) is 3. The van der Waals surface area contributed by atoms with Crippen molar-refractivity contribution in [1.82, 2.24) is 51.9 Å². The Bertz CT molecular complexity index is 3280. The quantitative estimate of drug-likeness (QED) is 0.0526. The molecule has 4 aliphatic rings. The molecule has 9 amide bonds. The zero-order chi connectivity index (χ0) is 64.5. The number of nitrogens with zero attached hydrogens (tertiary/aromatic N) is 3. The summed E-state index contributed by atoms with van der Waals surface area (Å²) in [5.74, 6) is -3.84. The van der Waals surface area contributed by atoms with Gasteiger partial charge in [0.2, 0.25) is 41.4 Å². The van der Waals surface area contributed by atoms with E-state index >= 15 is 4.79 Å². The Morgan fingerprint density at radius 3 is 1.72 bits per heavy atom. The monoisotopic (exact) mass is 1240 g/mol. The van der Waals surface area contributed by atoms with Crippen molar-refractivity contribution < 1.29 is 48.3 Å². The van der Waals surface area contributed by atoms with E-state index in [1.165, 1.54) is 50.7 Å². The molecule has 0 spiro atoms. The molecule has 0 radical (unpaired) electrons. The van der Waals surface area contributed by atoms with Gasteiger partial charge in [0.25, 0.3) is 11.8 Å². The molecule has 0 aromatic heterocycles. The molecule has 21 nitrogen and oxygen atoms in total. The Hall–Kier alpha value is -7.66. The van der Waals surface area contributed by atoms with Crippen molar-refractivity contribution in [2.45, 2.75) is 166 Å². The highest BCUT2D eigenvalue weighted by molar-refractivity contribution is 8.01. The van der Waals surface area contributed by atoms with E-state index in [1.54, 1.807) is 61.0 Å². The Balaban J connectivity index is 0.999. The van der Waals surface area contributed by atoms with Crippen molar-refractivity contribution in [3.05, 3.63) is 136 Å². The first-order valence-corrected chi connectivity index (χ1v) is 32.0. The third kappa shape index (κ3) is 16.2. The number of nitrogens with one attached hydrogen (secondary N) is 8. The largest absolute Gasteiger partial charge is 0.395 e. The first kappa shape index (κ1) is 67.3. The van der Waals surface area contributed by atoms with Gasteiger partial charge in [0, 0.05) is 60.7 Å². The third-order valence-electron chi connectivity index (χ3n) is 17.9. The summed E-state index contributed by atoms with van der Waals surface area (Å²) in [6.45, 7) is 12.3. The van der Waals surface area contributed by atoms with Crippen LogP contribution in [-0.2, 0) is 59.4 Å². The van der Waals surface area contributed by atoms with E-state index < -0.39 is 82.0 Å². The number of anilines is 1. The molecule has 478 valence electrons. The predicted molar refractivity (Wildman–Crippen MR) is 342 cm³/mol. The van der Waals surface area contributed by atoms with Crippen LogP contribution in [0.5, 0.6) is 0 Å². The van der Waals surface area contributed by atoms with Gasteiger partial charge in [0.05, 0.1) is 36.5 Å². The minimum Gasteiger partial charge on any atom is -0.395 e. The fourth-order valence-corrected chi connectivity index (χ4v) is 13.2. The van der Waals surface area contributed by atoms with E-state index in [-0.39, 0.29) is 91.7 Å². The molecule has 0 saturated carbocycles. The highest BCUT2D eigenvalue weighted by Crippen LogP contribution is 2.36. The van der Waals surface area contributed by atoms with Crippen LogP contribution >= 0.6 is 11.8 Å². The number of aryl methyl sites for hydroxylation is 2. The number of hydrogen-bond donors (Lipinski definition) is 9. The van der Waals surface area contributed by atoms with Gasteiger partial charge < -0.3 is 62.3 Å². The van der Waals surface area contributed by atoms with Crippen LogP contribution in [0.4, 0.5) is 5.69 Å². The number of thioether (sulfide) groups is 1. The Labute approximate surface area is 526 Å². The summed E-state index contributed by atoms with van der Waals surface area (Å²) in [7, 11) is 4.85. The van der Waals surface area contributed by atoms with E-state index in [0.29, 0.717) is 17.7 Å². The fraction of sp³-hybridized carbons (Fsp3) is 0.507. The number of benzene rings is 4. The summed E-state index contributed by atoms with van der Waals surface area (Å²) in [6, 6.07) is 20.7. The van der Waals surface area contributed by atoms with Crippen molar-refractivity contribution >= 4 is 70.6 Å². The molecule has 2 aliphatic heterocycles. The summed E-state index contributed by atoms with van der Waals surface area (Å²) >= 11 is 1.18. The van der Waals surface area contributed by atoms with Crippen molar-refractivity contribution in [3.8, 4) is 0 Å². The van der Waals surface area contributed by atoms with Crippen molar-refractivity contribution in [1.29, 1.82) is 0 Å². The molecule has 9 atom stereocenters. The molecule has 4 aromatic carbocycles. The van der Waals surface area contributed by atoms with Crippen molar-refractivity contribution in [2.75, 3.05) is 51.9 Å². The van der Waals surface area contributed by atoms with Gasteiger partial charge in [-0.15, -0.1) is 11.8 Å². The number of likely N-dealkylation sites (tertiary alicyclic amines) is 1. The second-order valence-corrected chi connectivity index (χ2v) is 27.2. The zero-order valence-electron chi connectivity index (χ0n) is 52.9. The zero-order valence-corrected chi connectivity index (χ0v) is 53.7. The Kier molecular flexibility index (Phi) is 22.2. The maximum Gasteiger partial charge on any atom is 0.255 e. The third-order valence-corrected chi connectivity index (χ3v) is 19.3. The van der Waals surface area contributed by atoms with Crippen LogP contribution in [-0.4, -0.2) is 167 Å². The van der Waals surface area contributed by atoms with Crippen LogP contribution in [0.3, 0.4) is 0 Å². The number of aliphatic hydroxyl groups is 1. The molecule has 2 aliphatic carbocycles. The van der Waals surface area contributed by atoms with Crippen LogP contribution in [0.15, 0.2) is 91.0 Å². The number of hydrogen-bond acceptors (Lipinski definition) is 13. The van der Waals surface area contributed by atoms with Gasteiger partial charge in [0.15, 0.2) is 0 Å². The molecule has 4 aromatic rings. The van der Waals surface area contributed by atoms with Gasteiger partial charge >= 0.3 is 0 Å². The summed E-state index contributed by atoms with van der Waals surface area (Å²) in [5, 5.41) is 33.7. The SMILES string of the molecule is CN[C@@H](C)C(=O)N[C@H](C(=O)N1CC(NC(=O)c2ccc(C(=O)Nc3ccc4c(c3)CN(C(=O)[C@@H](NC(=O)[C@H](C)NC)C(C)(C)SCC(=O)N(C)CCO)[C@H](C(=O)N[C@@H]3CCCc5ccccc53)C4)cc2)CC1C(=O)N[C@@H]1CCCc2ccccc21)C(C)(C)C. The number of rotatable bonds is 22. The first-order chi connectivity index (χ1) is 42.3. The molecular formula is C67H89N11O10S.